The van der Waals surface area contributed by atoms with Gasteiger partial charge in [-0.15, -0.1) is 0 Å². The van der Waals surface area contributed by atoms with Gasteiger partial charge in [-0.3, -0.25) is 4.79 Å². The fraction of sp³-hybridized carbons (Fsp3) is 0.300. The van der Waals surface area contributed by atoms with Gasteiger partial charge in [-0.1, -0.05) is 12.1 Å². The number of carbonyl (C=O) groups excluding carboxylic acids is 1. The monoisotopic (exact) mass is 351 g/mol. The quantitative estimate of drug-likeness (QED) is 0.840. The molecule has 0 bridgehead atoms. The first-order chi connectivity index (χ1) is 12.7. The second kappa shape index (κ2) is 8.37. The number of anilines is 2. The summed E-state index contributed by atoms with van der Waals surface area (Å²) in [6.45, 7) is 4.04. The number of amides is 1. The van der Waals surface area contributed by atoms with E-state index in [0.29, 0.717) is 11.3 Å². The Kier molecular flexibility index (Phi) is 5.72. The standard InChI is InChI=1S/C20H22N4O2/c1-23-10-12-24(13-11-23)19-5-3-2-4-18(19)22-20(25)15-26-17-8-6-16(14-21)7-9-17/h2-9H,10-13,15H2,1H3,(H,22,25)/p+1. The Labute approximate surface area is 153 Å². The van der Waals surface area contributed by atoms with Gasteiger partial charge in [-0.05, 0) is 36.4 Å². The maximum Gasteiger partial charge on any atom is 0.262 e. The van der Waals surface area contributed by atoms with Gasteiger partial charge in [0.05, 0.1) is 56.2 Å². The number of rotatable bonds is 5. The molecule has 1 saturated heterocycles. The second-order valence-corrected chi connectivity index (χ2v) is 6.43. The van der Waals surface area contributed by atoms with Gasteiger partial charge in [-0.25, -0.2) is 0 Å². The second-order valence-electron chi connectivity index (χ2n) is 6.43. The van der Waals surface area contributed by atoms with Crippen LogP contribution < -0.4 is 19.9 Å². The molecule has 0 unspecified atom stereocenters. The molecule has 1 heterocycles. The highest BCUT2D eigenvalue weighted by atomic mass is 16.5. The Balaban J connectivity index is 1.59. The number of hydrogen-bond acceptors (Lipinski definition) is 4. The topological polar surface area (TPSA) is 69.8 Å². The molecule has 2 N–H and O–H groups in total. The molecular weight excluding hydrogens is 328 g/mol. The third kappa shape index (κ3) is 4.52. The third-order valence-corrected chi connectivity index (χ3v) is 4.49. The minimum absolute atomic E-state index is 0.0763. The van der Waals surface area contributed by atoms with Crippen LogP contribution in [-0.4, -0.2) is 45.7 Å². The van der Waals surface area contributed by atoms with Gasteiger partial charge in [-0.2, -0.15) is 5.26 Å². The summed E-state index contributed by atoms with van der Waals surface area (Å²) in [4.78, 5) is 16.1. The number of ether oxygens (including phenoxy) is 1. The molecule has 0 saturated carbocycles. The largest absolute Gasteiger partial charge is 0.484 e. The lowest BCUT2D eigenvalue weighted by atomic mass is 10.2. The van der Waals surface area contributed by atoms with Crippen LogP contribution in [0.3, 0.4) is 0 Å². The smallest absolute Gasteiger partial charge is 0.262 e. The molecule has 0 aliphatic carbocycles. The van der Waals surface area contributed by atoms with E-state index in [1.807, 2.05) is 24.3 Å². The number of piperazine rings is 1. The molecule has 1 fully saturated rings. The molecule has 0 atom stereocenters. The Bertz CT molecular complexity index is 790. The lowest BCUT2D eigenvalue weighted by molar-refractivity contribution is -0.880. The molecule has 6 heteroatoms. The minimum atomic E-state index is -0.207. The number of nitrogens with zero attached hydrogens (tertiary/aromatic N) is 2. The molecular formula is C20H23N4O2+. The first-order valence-electron chi connectivity index (χ1n) is 8.74. The van der Waals surface area contributed by atoms with Crippen molar-refractivity contribution in [2.75, 3.05) is 50.1 Å². The van der Waals surface area contributed by atoms with Gasteiger partial charge in [0.1, 0.15) is 5.75 Å². The van der Waals surface area contributed by atoms with Crippen molar-refractivity contribution in [1.29, 1.82) is 5.26 Å². The Morgan fingerprint density at radius 2 is 1.88 bits per heavy atom. The number of quaternary nitrogens is 1. The molecule has 6 nitrogen and oxygen atoms in total. The zero-order chi connectivity index (χ0) is 18.4. The number of nitriles is 1. The first kappa shape index (κ1) is 17.8. The van der Waals surface area contributed by atoms with Crippen molar-refractivity contribution in [2.45, 2.75) is 0 Å². The molecule has 3 rings (SSSR count). The number of nitrogens with one attached hydrogen (secondary N) is 2. The summed E-state index contributed by atoms with van der Waals surface area (Å²) in [7, 11) is 2.20. The molecule has 1 amide bonds. The Hall–Kier alpha value is -3.04. The number of para-hydroxylation sites is 2. The highest BCUT2D eigenvalue weighted by molar-refractivity contribution is 5.95. The van der Waals surface area contributed by atoms with Gasteiger partial charge >= 0.3 is 0 Å². The normalized spacial score (nSPS) is 14.5. The molecule has 0 radical (unpaired) electrons. The lowest BCUT2D eigenvalue weighted by Gasteiger charge is -2.33. The van der Waals surface area contributed by atoms with Crippen LogP contribution in [0.15, 0.2) is 48.5 Å². The van der Waals surface area contributed by atoms with Gasteiger partial charge in [0, 0.05) is 0 Å². The summed E-state index contributed by atoms with van der Waals surface area (Å²) < 4.78 is 5.50. The summed E-state index contributed by atoms with van der Waals surface area (Å²) in [6, 6.07) is 16.6. The van der Waals surface area contributed by atoms with Crippen molar-refractivity contribution < 1.29 is 14.4 Å². The molecule has 1 aliphatic rings. The van der Waals surface area contributed by atoms with Gasteiger partial charge in [0.2, 0.25) is 0 Å². The van der Waals surface area contributed by atoms with E-state index in [1.165, 1.54) is 4.90 Å². The fourth-order valence-electron chi connectivity index (χ4n) is 2.95. The zero-order valence-corrected chi connectivity index (χ0v) is 14.9. The van der Waals surface area contributed by atoms with Gasteiger partial charge in [0.15, 0.2) is 6.61 Å². The van der Waals surface area contributed by atoms with Crippen molar-refractivity contribution >= 4 is 17.3 Å². The van der Waals surface area contributed by atoms with E-state index in [4.69, 9.17) is 10.00 Å². The minimum Gasteiger partial charge on any atom is -0.484 e. The Morgan fingerprint density at radius 3 is 2.58 bits per heavy atom. The van der Waals surface area contributed by atoms with Crippen LogP contribution in [0.2, 0.25) is 0 Å². The summed E-state index contributed by atoms with van der Waals surface area (Å²) in [6.07, 6.45) is 0. The Morgan fingerprint density at radius 1 is 1.19 bits per heavy atom. The maximum atomic E-state index is 12.3. The fourth-order valence-corrected chi connectivity index (χ4v) is 2.95. The average Bonchev–Trinajstić information content (AvgIpc) is 2.68. The molecule has 134 valence electrons. The summed E-state index contributed by atoms with van der Waals surface area (Å²) in [5, 5.41) is 11.7. The van der Waals surface area contributed by atoms with Crippen LogP contribution in [0, 0.1) is 11.3 Å². The van der Waals surface area contributed by atoms with Crippen LogP contribution in [0.4, 0.5) is 11.4 Å². The van der Waals surface area contributed by atoms with E-state index >= 15 is 0 Å². The van der Waals surface area contributed by atoms with E-state index < -0.39 is 0 Å². The lowest BCUT2D eigenvalue weighted by Crippen LogP contribution is -3.12. The number of benzene rings is 2. The SMILES string of the molecule is C[NH+]1CCN(c2ccccc2NC(=O)COc2ccc(C#N)cc2)CC1. The van der Waals surface area contributed by atoms with Crippen molar-refractivity contribution in [3.63, 3.8) is 0 Å². The average molecular weight is 351 g/mol. The number of likely N-dealkylation sites (N-methyl/N-ethyl adjacent to an activating group) is 1. The summed E-state index contributed by atoms with van der Waals surface area (Å²) in [5.74, 6) is 0.357. The van der Waals surface area contributed by atoms with Crippen molar-refractivity contribution in [2.24, 2.45) is 0 Å². The highest BCUT2D eigenvalue weighted by Crippen LogP contribution is 2.25. The summed E-state index contributed by atoms with van der Waals surface area (Å²) in [5.41, 5.74) is 2.41. The molecule has 0 spiro atoms. The first-order valence-corrected chi connectivity index (χ1v) is 8.74. The van der Waals surface area contributed by atoms with E-state index in [-0.39, 0.29) is 12.5 Å². The predicted molar refractivity (Wildman–Crippen MR) is 101 cm³/mol. The van der Waals surface area contributed by atoms with E-state index in [0.717, 1.165) is 37.6 Å². The van der Waals surface area contributed by atoms with E-state index in [9.17, 15) is 4.79 Å². The zero-order valence-electron chi connectivity index (χ0n) is 14.9. The predicted octanol–water partition coefficient (Wildman–Crippen LogP) is 0.910. The number of hydrogen-bond donors (Lipinski definition) is 2. The molecule has 2 aromatic rings. The molecule has 26 heavy (non-hydrogen) atoms. The molecule has 0 aromatic heterocycles. The van der Waals surface area contributed by atoms with Crippen LogP contribution in [0.1, 0.15) is 5.56 Å². The van der Waals surface area contributed by atoms with Gasteiger partial charge < -0.3 is 19.9 Å². The highest BCUT2D eigenvalue weighted by Gasteiger charge is 2.19. The van der Waals surface area contributed by atoms with Crippen LogP contribution in [0.25, 0.3) is 0 Å². The van der Waals surface area contributed by atoms with Crippen LogP contribution in [0.5, 0.6) is 5.75 Å². The van der Waals surface area contributed by atoms with Crippen LogP contribution >= 0.6 is 0 Å². The van der Waals surface area contributed by atoms with Gasteiger partial charge in [0.25, 0.3) is 5.91 Å². The molecule has 2 aromatic carbocycles. The van der Waals surface area contributed by atoms with E-state index in [2.05, 4.69) is 23.3 Å². The van der Waals surface area contributed by atoms with Crippen molar-refractivity contribution in [1.82, 2.24) is 0 Å². The maximum absolute atomic E-state index is 12.3. The number of carbonyl (C=O) groups is 1. The van der Waals surface area contributed by atoms with Crippen LogP contribution in [-0.2, 0) is 4.79 Å². The molecule has 1 aliphatic heterocycles. The van der Waals surface area contributed by atoms with Crippen molar-refractivity contribution in [3.05, 3.63) is 54.1 Å². The third-order valence-electron chi connectivity index (χ3n) is 4.49. The summed E-state index contributed by atoms with van der Waals surface area (Å²) >= 11 is 0. The van der Waals surface area contributed by atoms with E-state index in [1.54, 1.807) is 24.3 Å². The van der Waals surface area contributed by atoms with Crippen molar-refractivity contribution in [3.8, 4) is 11.8 Å².